The van der Waals surface area contributed by atoms with Crippen molar-refractivity contribution in [3.63, 3.8) is 0 Å². The molecule has 1 aliphatic carbocycles. The Labute approximate surface area is 169 Å². The molecule has 0 aromatic heterocycles. The molecule has 156 valence electrons. The molecule has 1 saturated carbocycles. The van der Waals surface area contributed by atoms with Crippen LogP contribution < -0.4 is 5.32 Å². The first-order valence-electron chi connectivity index (χ1n) is 10.6. The van der Waals surface area contributed by atoms with Crippen molar-refractivity contribution >= 4 is 15.9 Å². The Bertz CT molecular complexity index is 798. The maximum Gasteiger partial charge on any atom is 0.251 e. The zero-order valence-electron chi connectivity index (χ0n) is 17.5. The summed E-state index contributed by atoms with van der Waals surface area (Å²) >= 11 is 0. The van der Waals surface area contributed by atoms with Crippen molar-refractivity contribution in [2.45, 2.75) is 64.3 Å². The number of carbonyl (C=O) groups excluding carboxylic acids is 1. The van der Waals surface area contributed by atoms with E-state index in [1.165, 1.54) is 12.5 Å². The standard InChI is InChI=1S/C22H34N2O3S/c1-15-11-16(2)14-24(13-15)28(26,27)20-9-6-8-19(12-20)22(25)23-21-10-5-7-17(3)18(21)4/h6,8-9,12,15-18,21H,5,7,10-11,13-14H2,1-4H3,(H,23,25)/t15-,16+,17-,18-,21-/m1/s1. The molecule has 2 fully saturated rings. The zero-order chi connectivity index (χ0) is 20.5. The molecule has 0 bridgehead atoms. The molecule has 1 heterocycles. The van der Waals surface area contributed by atoms with Gasteiger partial charge in [-0.2, -0.15) is 4.31 Å². The molecule has 0 unspecified atom stereocenters. The van der Waals surface area contributed by atoms with Crippen molar-refractivity contribution in [1.82, 2.24) is 9.62 Å². The fraction of sp³-hybridized carbons (Fsp3) is 0.682. The van der Waals surface area contributed by atoms with Crippen LogP contribution in [-0.2, 0) is 10.0 Å². The van der Waals surface area contributed by atoms with Crippen molar-refractivity contribution in [2.75, 3.05) is 13.1 Å². The van der Waals surface area contributed by atoms with Crippen LogP contribution in [0.25, 0.3) is 0 Å². The van der Waals surface area contributed by atoms with Gasteiger partial charge in [-0.3, -0.25) is 4.79 Å². The number of hydrogen-bond donors (Lipinski definition) is 1. The summed E-state index contributed by atoms with van der Waals surface area (Å²) in [5, 5.41) is 3.14. The van der Waals surface area contributed by atoms with Gasteiger partial charge in [-0.15, -0.1) is 0 Å². The monoisotopic (exact) mass is 406 g/mol. The van der Waals surface area contributed by atoms with Crippen LogP contribution in [0, 0.1) is 23.7 Å². The quantitative estimate of drug-likeness (QED) is 0.824. The minimum atomic E-state index is -3.58. The van der Waals surface area contributed by atoms with E-state index < -0.39 is 10.0 Å². The topological polar surface area (TPSA) is 66.5 Å². The molecule has 1 aromatic rings. The number of nitrogens with one attached hydrogen (secondary N) is 1. The molecule has 0 spiro atoms. The predicted octanol–water partition coefficient (Wildman–Crippen LogP) is 3.91. The molecule has 6 heteroatoms. The lowest BCUT2D eigenvalue weighted by atomic mass is 9.78. The molecular formula is C22H34N2O3S. The van der Waals surface area contributed by atoms with Crippen LogP contribution in [0.2, 0.25) is 0 Å². The summed E-state index contributed by atoms with van der Waals surface area (Å²) in [6.07, 6.45) is 4.36. The van der Waals surface area contributed by atoms with Gasteiger partial charge < -0.3 is 5.32 Å². The Morgan fingerprint density at radius 2 is 1.75 bits per heavy atom. The van der Waals surface area contributed by atoms with Gasteiger partial charge in [-0.1, -0.05) is 46.6 Å². The first-order valence-corrected chi connectivity index (χ1v) is 12.0. The number of sulfonamides is 1. The van der Waals surface area contributed by atoms with Gasteiger partial charge in [0.15, 0.2) is 0 Å². The molecule has 1 N–H and O–H groups in total. The average molecular weight is 407 g/mol. The highest BCUT2D eigenvalue weighted by molar-refractivity contribution is 7.89. The van der Waals surface area contributed by atoms with Gasteiger partial charge in [0.1, 0.15) is 0 Å². The first kappa shape index (κ1) is 21.3. The Morgan fingerprint density at radius 3 is 2.43 bits per heavy atom. The Kier molecular flexibility index (Phi) is 6.50. The summed E-state index contributed by atoms with van der Waals surface area (Å²) in [7, 11) is -3.58. The third kappa shape index (κ3) is 4.60. The third-order valence-corrected chi connectivity index (χ3v) is 8.42. The van der Waals surface area contributed by atoms with E-state index in [1.807, 2.05) is 0 Å². The highest BCUT2D eigenvalue weighted by Crippen LogP contribution is 2.30. The molecule has 5 nitrogen and oxygen atoms in total. The lowest BCUT2D eigenvalue weighted by Crippen LogP contribution is -2.44. The zero-order valence-corrected chi connectivity index (χ0v) is 18.3. The fourth-order valence-corrected chi connectivity index (χ4v) is 6.51. The number of benzene rings is 1. The molecule has 28 heavy (non-hydrogen) atoms. The van der Waals surface area contributed by atoms with E-state index in [9.17, 15) is 13.2 Å². The van der Waals surface area contributed by atoms with E-state index in [4.69, 9.17) is 0 Å². The van der Waals surface area contributed by atoms with Gasteiger partial charge in [-0.05, 0) is 54.7 Å². The van der Waals surface area contributed by atoms with Gasteiger partial charge in [0.05, 0.1) is 4.90 Å². The molecule has 1 aliphatic heterocycles. The van der Waals surface area contributed by atoms with E-state index in [-0.39, 0.29) is 16.8 Å². The van der Waals surface area contributed by atoms with Crippen molar-refractivity contribution < 1.29 is 13.2 Å². The maximum absolute atomic E-state index is 13.1. The van der Waals surface area contributed by atoms with Crippen LogP contribution in [0.4, 0.5) is 0 Å². The molecule has 3 rings (SSSR count). The molecule has 5 atom stereocenters. The maximum atomic E-state index is 13.1. The SMILES string of the molecule is C[C@@H]1C[C@H](C)CN(S(=O)(=O)c2cccc(C(=O)N[C@@H]3CCC[C@@H](C)[C@H]3C)c2)C1. The fourth-order valence-electron chi connectivity index (χ4n) is 4.79. The summed E-state index contributed by atoms with van der Waals surface area (Å²) in [5.41, 5.74) is 0.421. The van der Waals surface area contributed by atoms with E-state index >= 15 is 0 Å². The smallest absolute Gasteiger partial charge is 0.251 e. The Hall–Kier alpha value is -1.40. The summed E-state index contributed by atoms with van der Waals surface area (Å²) in [6.45, 7) is 9.69. The van der Waals surface area contributed by atoms with Crippen molar-refractivity contribution in [2.24, 2.45) is 23.7 Å². The highest BCUT2D eigenvalue weighted by atomic mass is 32.2. The summed E-state index contributed by atoms with van der Waals surface area (Å²) < 4.78 is 27.8. The van der Waals surface area contributed by atoms with E-state index in [0.29, 0.717) is 42.3 Å². The normalized spacial score (nSPS) is 32.1. The van der Waals surface area contributed by atoms with Gasteiger partial charge in [-0.25, -0.2) is 8.42 Å². The Balaban J connectivity index is 1.77. The third-order valence-electron chi connectivity index (χ3n) is 6.59. The number of nitrogens with zero attached hydrogens (tertiary/aromatic N) is 1. The second kappa shape index (κ2) is 8.54. The van der Waals surface area contributed by atoms with Crippen LogP contribution >= 0.6 is 0 Å². The summed E-state index contributed by atoms with van der Waals surface area (Å²) in [5.74, 6) is 1.54. The second-order valence-electron chi connectivity index (χ2n) is 9.14. The van der Waals surface area contributed by atoms with Gasteiger partial charge >= 0.3 is 0 Å². The second-order valence-corrected chi connectivity index (χ2v) is 11.1. The van der Waals surface area contributed by atoms with Gasteiger partial charge in [0, 0.05) is 24.7 Å². The number of carbonyl (C=O) groups is 1. The molecule has 2 aliphatic rings. The number of hydrogen-bond acceptors (Lipinski definition) is 3. The summed E-state index contributed by atoms with van der Waals surface area (Å²) in [6, 6.07) is 6.66. The number of piperidine rings is 1. The lowest BCUT2D eigenvalue weighted by Gasteiger charge is -2.35. The molecule has 0 radical (unpaired) electrons. The average Bonchev–Trinajstić information content (AvgIpc) is 2.64. The Morgan fingerprint density at radius 1 is 1.07 bits per heavy atom. The van der Waals surface area contributed by atoms with Crippen molar-refractivity contribution in [3.05, 3.63) is 29.8 Å². The molecule has 1 amide bonds. The van der Waals surface area contributed by atoms with Gasteiger partial charge in [0.2, 0.25) is 10.0 Å². The van der Waals surface area contributed by atoms with E-state index in [2.05, 4.69) is 33.0 Å². The first-order chi connectivity index (χ1) is 13.2. The van der Waals surface area contributed by atoms with Crippen molar-refractivity contribution in [3.8, 4) is 0 Å². The highest BCUT2D eigenvalue weighted by Gasteiger charge is 2.32. The minimum Gasteiger partial charge on any atom is -0.349 e. The summed E-state index contributed by atoms with van der Waals surface area (Å²) in [4.78, 5) is 13.0. The van der Waals surface area contributed by atoms with Crippen LogP contribution in [0.15, 0.2) is 29.2 Å². The molecular weight excluding hydrogens is 372 g/mol. The number of rotatable bonds is 4. The van der Waals surface area contributed by atoms with Gasteiger partial charge in [0.25, 0.3) is 5.91 Å². The molecule has 1 saturated heterocycles. The van der Waals surface area contributed by atoms with E-state index in [1.54, 1.807) is 22.5 Å². The number of amides is 1. The van der Waals surface area contributed by atoms with Crippen molar-refractivity contribution in [1.29, 1.82) is 0 Å². The van der Waals surface area contributed by atoms with E-state index in [0.717, 1.165) is 19.3 Å². The largest absolute Gasteiger partial charge is 0.349 e. The van der Waals surface area contributed by atoms with Crippen LogP contribution in [-0.4, -0.2) is 37.8 Å². The molecule has 1 aromatic carbocycles. The predicted molar refractivity (Wildman–Crippen MR) is 112 cm³/mol. The minimum absolute atomic E-state index is 0.153. The van der Waals surface area contributed by atoms with Crippen LogP contribution in [0.1, 0.15) is 63.7 Å². The van der Waals surface area contributed by atoms with Crippen LogP contribution in [0.3, 0.4) is 0 Å². The lowest BCUT2D eigenvalue weighted by molar-refractivity contribution is 0.0891. The van der Waals surface area contributed by atoms with Crippen LogP contribution in [0.5, 0.6) is 0 Å².